The maximum atomic E-state index is 12.1. The molecule has 5 heteroatoms. The van der Waals surface area contributed by atoms with Gasteiger partial charge in [0.25, 0.3) is 0 Å². The second kappa shape index (κ2) is 6.90. The van der Waals surface area contributed by atoms with E-state index >= 15 is 0 Å². The van der Waals surface area contributed by atoms with Crippen LogP contribution in [0.2, 0.25) is 0 Å². The molecule has 0 saturated carbocycles. The molecule has 0 spiro atoms. The van der Waals surface area contributed by atoms with Crippen molar-refractivity contribution in [3.05, 3.63) is 52.6 Å². The Morgan fingerprint density at radius 3 is 2.65 bits per heavy atom. The highest BCUT2D eigenvalue weighted by molar-refractivity contribution is 9.10. The van der Waals surface area contributed by atoms with Gasteiger partial charge < -0.3 is 5.32 Å². The van der Waals surface area contributed by atoms with Crippen LogP contribution in [0.15, 0.2) is 52.0 Å². The van der Waals surface area contributed by atoms with E-state index in [0.717, 1.165) is 14.9 Å². The minimum absolute atomic E-state index is 0.0454. The minimum Gasteiger partial charge on any atom is -0.310 e. The molecule has 20 heavy (non-hydrogen) atoms. The number of rotatable bonds is 4. The Labute approximate surface area is 131 Å². The number of benzene rings is 1. The Hall–Kier alpha value is -1.33. The fourth-order valence-electron chi connectivity index (χ4n) is 1.60. The van der Waals surface area contributed by atoms with Gasteiger partial charge in [-0.05, 0) is 55.8 Å². The van der Waals surface area contributed by atoms with Gasteiger partial charge in [0.05, 0.1) is 5.25 Å². The molecule has 1 N–H and O–H groups in total. The molecular formula is C15H15BrN2OS. The Bertz CT molecular complexity index is 601. The summed E-state index contributed by atoms with van der Waals surface area (Å²) >= 11 is 4.92. The molecule has 0 aliphatic rings. The van der Waals surface area contributed by atoms with Crippen LogP contribution in [0.3, 0.4) is 0 Å². The van der Waals surface area contributed by atoms with Crippen LogP contribution in [0.1, 0.15) is 12.5 Å². The smallest absolute Gasteiger partial charge is 0.238 e. The fourth-order valence-corrected chi connectivity index (χ4v) is 2.73. The van der Waals surface area contributed by atoms with E-state index in [1.807, 2.05) is 50.2 Å². The molecular weight excluding hydrogens is 336 g/mol. The normalized spacial score (nSPS) is 11.9. The molecule has 1 aromatic carbocycles. The van der Waals surface area contributed by atoms with Crippen molar-refractivity contribution < 1.29 is 4.79 Å². The van der Waals surface area contributed by atoms with Gasteiger partial charge in [-0.1, -0.05) is 15.9 Å². The lowest BCUT2D eigenvalue weighted by molar-refractivity contribution is -0.115. The van der Waals surface area contributed by atoms with E-state index in [4.69, 9.17) is 0 Å². The van der Waals surface area contributed by atoms with Crippen LogP contribution in [-0.2, 0) is 4.79 Å². The highest BCUT2D eigenvalue weighted by Gasteiger charge is 2.15. The van der Waals surface area contributed by atoms with Crippen LogP contribution in [0.25, 0.3) is 0 Å². The molecule has 0 saturated heterocycles. The Kier molecular flexibility index (Phi) is 5.20. The van der Waals surface area contributed by atoms with Gasteiger partial charge in [-0.3, -0.25) is 4.79 Å². The number of amides is 1. The zero-order valence-electron chi connectivity index (χ0n) is 11.3. The summed E-state index contributed by atoms with van der Waals surface area (Å²) in [6.45, 7) is 3.86. The number of nitrogens with one attached hydrogen (secondary N) is 1. The second-order valence-corrected chi connectivity index (χ2v) is 6.75. The average molecular weight is 351 g/mol. The number of hydrogen-bond donors (Lipinski definition) is 1. The van der Waals surface area contributed by atoms with Crippen LogP contribution in [-0.4, -0.2) is 16.1 Å². The molecule has 1 atom stereocenters. The number of anilines is 1. The summed E-state index contributed by atoms with van der Waals surface area (Å²) in [6.07, 6.45) is 1.69. The highest BCUT2D eigenvalue weighted by atomic mass is 79.9. The van der Waals surface area contributed by atoms with E-state index in [1.165, 1.54) is 11.8 Å². The number of nitrogens with zero attached hydrogens (tertiary/aromatic N) is 1. The number of aromatic nitrogens is 1. The number of thioether (sulfide) groups is 1. The topological polar surface area (TPSA) is 42.0 Å². The molecule has 3 nitrogen and oxygen atoms in total. The van der Waals surface area contributed by atoms with E-state index in [9.17, 15) is 4.79 Å². The van der Waals surface area contributed by atoms with Crippen molar-refractivity contribution in [3.63, 3.8) is 0 Å². The lowest BCUT2D eigenvalue weighted by Crippen LogP contribution is -2.22. The molecule has 0 fully saturated rings. The van der Waals surface area contributed by atoms with Gasteiger partial charge >= 0.3 is 0 Å². The number of aryl methyl sites for hydroxylation is 1. The second-order valence-electron chi connectivity index (χ2n) is 4.42. The van der Waals surface area contributed by atoms with Crippen molar-refractivity contribution in [1.82, 2.24) is 4.98 Å². The fraction of sp³-hybridized carbons (Fsp3) is 0.200. The van der Waals surface area contributed by atoms with E-state index in [1.54, 1.807) is 6.20 Å². The van der Waals surface area contributed by atoms with Crippen molar-refractivity contribution in [2.45, 2.75) is 24.0 Å². The van der Waals surface area contributed by atoms with Crippen molar-refractivity contribution >= 4 is 39.4 Å². The summed E-state index contributed by atoms with van der Waals surface area (Å²) in [7, 11) is 0. The van der Waals surface area contributed by atoms with Gasteiger partial charge in [0.15, 0.2) is 0 Å². The quantitative estimate of drug-likeness (QED) is 0.837. The molecule has 1 heterocycles. The van der Waals surface area contributed by atoms with Gasteiger partial charge in [-0.15, -0.1) is 11.8 Å². The van der Waals surface area contributed by atoms with Gasteiger partial charge in [0.2, 0.25) is 5.91 Å². The number of hydrogen-bond acceptors (Lipinski definition) is 3. The Morgan fingerprint density at radius 1 is 1.30 bits per heavy atom. The van der Waals surface area contributed by atoms with Crippen LogP contribution in [0.5, 0.6) is 0 Å². The highest BCUT2D eigenvalue weighted by Crippen LogP contribution is 2.25. The van der Waals surface area contributed by atoms with Gasteiger partial charge in [-0.2, -0.15) is 0 Å². The minimum atomic E-state index is -0.182. The predicted molar refractivity (Wildman–Crippen MR) is 87.1 cm³/mol. The van der Waals surface area contributed by atoms with E-state index in [0.29, 0.717) is 5.82 Å². The molecule has 104 valence electrons. The van der Waals surface area contributed by atoms with Crippen molar-refractivity contribution in [3.8, 4) is 0 Å². The zero-order valence-corrected chi connectivity index (χ0v) is 13.7. The van der Waals surface area contributed by atoms with E-state index < -0.39 is 0 Å². The van der Waals surface area contributed by atoms with Gasteiger partial charge in [0, 0.05) is 15.6 Å². The monoisotopic (exact) mass is 350 g/mol. The van der Waals surface area contributed by atoms with Crippen molar-refractivity contribution in [2.24, 2.45) is 0 Å². The number of carbonyl (C=O) groups excluding carboxylic acids is 1. The number of halogens is 1. The third kappa shape index (κ3) is 4.35. The molecule has 0 aliphatic carbocycles. The molecule has 1 aromatic heterocycles. The molecule has 0 bridgehead atoms. The zero-order chi connectivity index (χ0) is 14.5. The first kappa shape index (κ1) is 15.1. The summed E-state index contributed by atoms with van der Waals surface area (Å²) in [5, 5.41) is 2.65. The molecule has 0 radical (unpaired) electrons. The Morgan fingerprint density at radius 2 is 2.00 bits per heavy atom. The molecule has 2 rings (SSSR count). The Balaban J connectivity index is 1.96. The maximum absolute atomic E-state index is 12.1. The number of pyridine rings is 1. The van der Waals surface area contributed by atoms with Gasteiger partial charge in [-0.25, -0.2) is 4.98 Å². The SMILES string of the molecule is Cc1ccnc(NC(=O)C(C)Sc2ccc(Br)cc2)c1. The largest absolute Gasteiger partial charge is 0.310 e. The van der Waals surface area contributed by atoms with Gasteiger partial charge in [0.1, 0.15) is 5.82 Å². The molecule has 1 amide bonds. The third-order valence-corrected chi connectivity index (χ3v) is 4.30. The lowest BCUT2D eigenvalue weighted by atomic mass is 10.3. The van der Waals surface area contributed by atoms with E-state index in [2.05, 4.69) is 26.2 Å². The first-order chi connectivity index (χ1) is 9.54. The third-order valence-electron chi connectivity index (χ3n) is 2.66. The van der Waals surface area contributed by atoms with Crippen LogP contribution in [0, 0.1) is 6.92 Å². The van der Waals surface area contributed by atoms with Crippen LogP contribution in [0.4, 0.5) is 5.82 Å². The van der Waals surface area contributed by atoms with Crippen molar-refractivity contribution in [1.29, 1.82) is 0 Å². The first-order valence-corrected chi connectivity index (χ1v) is 7.87. The number of carbonyl (C=O) groups is 1. The summed E-state index contributed by atoms with van der Waals surface area (Å²) in [4.78, 5) is 17.3. The molecule has 1 unspecified atom stereocenters. The lowest BCUT2D eigenvalue weighted by Gasteiger charge is -2.11. The molecule has 0 aliphatic heterocycles. The summed E-state index contributed by atoms with van der Waals surface area (Å²) in [5.41, 5.74) is 1.07. The summed E-state index contributed by atoms with van der Waals surface area (Å²) in [5.74, 6) is 0.550. The average Bonchev–Trinajstić information content (AvgIpc) is 2.41. The summed E-state index contributed by atoms with van der Waals surface area (Å²) in [6, 6.07) is 11.7. The van der Waals surface area contributed by atoms with Crippen LogP contribution < -0.4 is 5.32 Å². The molecule has 2 aromatic rings. The van der Waals surface area contributed by atoms with Crippen molar-refractivity contribution in [2.75, 3.05) is 5.32 Å². The summed E-state index contributed by atoms with van der Waals surface area (Å²) < 4.78 is 1.03. The van der Waals surface area contributed by atoms with E-state index in [-0.39, 0.29) is 11.2 Å². The first-order valence-electron chi connectivity index (χ1n) is 6.20. The maximum Gasteiger partial charge on any atom is 0.238 e. The predicted octanol–water partition coefficient (Wildman–Crippen LogP) is 4.27. The van der Waals surface area contributed by atoms with Crippen LogP contribution >= 0.6 is 27.7 Å². The standard InChI is InChI=1S/C15H15BrN2OS/c1-10-7-8-17-14(9-10)18-15(19)11(2)20-13-5-3-12(16)4-6-13/h3-9,11H,1-2H3,(H,17,18,19).